The van der Waals surface area contributed by atoms with Crippen LogP contribution in [0.5, 0.6) is 0 Å². The molecule has 0 saturated carbocycles. The van der Waals surface area contributed by atoms with Gasteiger partial charge in [0.2, 0.25) is 0 Å². The number of nitrogens with zero attached hydrogens (tertiary/aromatic N) is 2. The minimum absolute atomic E-state index is 0.0373. The number of hydrogen-bond donors (Lipinski definition) is 1. The van der Waals surface area contributed by atoms with Crippen molar-refractivity contribution in [1.82, 2.24) is 15.3 Å². The van der Waals surface area contributed by atoms with Crippen molar-refractivity contribution in [2.45, 2.75) is 24.7 Å². The zero-order valence-electron chi connectivity index (χ0n) is 17.7. The van der Waals surface area contributed by atoms with Gasteiger partial charge in [-0.25, -0.2) is 9.37 Å². The molecule has 11 heteroatoms. The fourth-order valence-corrected chi connectivity index (χ4v) is 5.22. The number of hydrogen-bond acceptors (Lipinski definition) is 4. The van der Waals surface area contributed by atoms with Crippen LogP contribution in [0.25, 0.3) is 0 Å². The van der Waals surface area contributed by atoms with E-state index in [9.17, 15) is 17.6 Å². The molecule has 0 aliphatic carbocycles. The van der Waals surface area contributed by atoms with E-state index in [1.54, 1.807) is 12.1 Å². The number of benzene rings is 2. The van der Waals surface area contributed by atoms with E-state index in [2.05, 4.69) is 15.3 Å². The molecular formula is C24H16Cl3F4N3S. The average Bonchev–Trinajstić information content (AvgIpc) is 3.13. The molecule has 4 rings (SSSR count). The molecule has 0 saturated heterocycles. The topological polar surface area (TPSA) is 37.8 Å². The summed E-state index contributed by atoms with van der Waals surface area (Å²) in [4.78, 5) is 8.96. The number of rotatable bonds is 7. The molecule has 1 N–H and O–H groups in total. The molecule has 0 amide bonds. The van der Waals surface area contributed by atoms with Gasteiger partial charge in [0.25, 0.3) is 0 Å². The van der Waals surface area contributed by atoms with Crippen LogP contribution >= 0.6 is 46.1 Å². The van der Waals surface area contributed by atoms with Crippen molar-refractivity contribution in [3.05, 3.63) is 115 Å². The molecular weight excluding hydrogens is 545 g/mol. The molecule has 2 aromatic heterocycles. The highest BCUT2D eigenvalue weighted by molar-refractivity contribution is 7.16. The van der Waals surface area contributed by atoms with E-state index in [0.717, 1.165) is 29.0 Å². The lowest BCUT2D eigenvalue weighted by Gasteiger charge is -2.36. The zero-order chi connectivity index (χ0) is 25.2. The van der Waals surface area contributed by atoms with Crippen LogP contribution in [0.4, 0.5) is 17.6 Å². The second-order valence-corrected chi connectivity index (χ2v) is 10.2. The first-order valence-corrected chi connectivity index (χ1v) is 12.1. The molecule has 182 valence electrons. The van der Waals surface area contributed by atoms with Gasteiger partial charge in [-0.15, -0.1) is 11.3 Å². The van der Waals surface area contributed by atoms with E-state index >= 15 is 0 Å². The van der Waals surface area contributed by atoms with Gasteiger partial charge < -0.3 is 0 Å². The Labute approximate surface area is 217 Å². The molecule has 1 unspecified atom stereocenters. The Morgan fingerprint density at radius 2 is 1.63 bits per heavy atom. The zero-order valence-corrected chi connectivity index (χ0v) is 20.8. The highest BCUT2D eigenvalue weighted by Gasteiger charge is 2.39. The van der Waals surface area contributed by atoms with Crippen molar-refractivity contribution in [2.75, 3.05) is 0 Å². The summed E-state index contributed by atoms with van der Waals surface area (Å²) in [6.45, 7) is 0.0816. The summed E-state index contributed by atoms with van der Waals surface area (Å²) >= 11 is 19.3. The van der Waals surface area contributed by atoms with Gasteiger partial charge in [0.15, 0.2) is 4.47 Å². The van der Waals surface area contributed by atoms with Gasteiger partial charge in [-0.05, 0) is 41.5 Å². The molecule has 4 aromatic rings. The lowest BCUT2D eigenvalue weighted by molar-refractivity contribution is -0.137. The van der Waals surface area contributed by atoms with Gasteiger partial charge in [0.05, 0.1) is 26.7 Å². The summed E-state index contributed by atoms with van der Waals surface area (Å²) in [5.74, 6) is -1.03. The molecule has 0 aliphatic rings. The molecule has 3 nitrogen and oxygen atoms in total. The van der Waals surface area contributed by atoms with Crippen LogP contribution in [0.2, 0.25) is 14.6 Å². The molecule has 35 heavy (non-hydrogen) atoms. The van der Waals surface area contributed by atoms with Crippen LogP contribution in [-0.2, 0) is 24.7 Å². The summed E-state index contributed by atoms with van der Waals surface area (Å²) in [7, 11) is 0. The maximum Gasteiger partial charge on any atom is 0.416 e. The van der Waals surface area contributed by atoms with E-state index in [-0.39, 0.29) is 28.1 Å². The van der Waals surface area contributed by atoms with E-state index in [1.165, 1.54) is 6.20 Å². The Hall–Kier alpha value is -2.23. The molecule has 2 aromatic carbocycles. The summed E-state index contributed by atoms with van der Waals surface area (Å²) in [5, 5.41) is 3.81. The van der Waals surface area contributed by atoms with E-state index in [4.69, 9.17) is 34.8 Å². The second-order valence-electron chi connectivity index (χ2n) is 7.69. The smallest absolute Gasteiger partial charge is 0.297 e. The van der Waals surface area contributed by atoms with Crippen LogP contribution in [0.3, 0.4) is 0 Å². The molecule has 2 heterocycles. The first-order chi connectivity index (χ1) is 16.6. The van der Waals surface area contributed by atoms with Gasteiger partial charge >= 0.3 is 6.18 Å². The fourth-order valence-electron chi connectivity index (χ4n) is 3.77. The van der Waals surface area contributed by atoms with Crippen molar-refractivity contribution < 1.29 is 17.6 Å². The Morgan fingerprint density at radius 1 is 0.914 bits per heavy atom. The minimum atomic E-state index is -4.75. The first-order valence-electron chi connectivity index (χ1n) is 10.2. The Morgan fingerprint density at radius 3 is 2.23 bits per heavy atom. The van der Waals surface area contributed by atoms with Crippen molar-refractivity contribution in [3.63, 3.8) is 0 Å². The van der Waals surface area contributed by atoms with Crippen LogP contribution in [0.1, 0.15) is 27.3 Å². The Bertz CT molecular complexity index is 1310. The Kier molecular flexibility index (Phi) is 7.68. The molecule has 0 bridgehead atoms. The summed E-state index contributed by atoms with van der Waals surface area (Å²) < 4.78 is 55.8. The average molecular weight is 561 g/mol. The number of thiazole rings is 1. The lowest BCUT2D eigenvalue weighted by Crippen LogP contribution is -2.46. The van der Waals surface area contributed by atoms with Crippen LogP contribution < -0.4 is 5.32 Å². The number of alkyl halides is 3. The number of nitrogens with one attached hydrogen (secondary N) is 1. The monoisotopic (exact) mass is 559 g/mol. The van der Waals surface area contributed by atoms with Gasteiger partial charge in [-0.3, -0.25) is 10.3 Å². The van der Waals surface area contributed by atoms with Crippen molar-refractivity contribution in [3.8, 4) is 0 Å². The van der Waals surface area contributed by atoms with Gasteiger partial charge in [0, 0.05) is 19.2 Å². The van der Waals surface area contributed by atoms with Crippen LogP contribution in [0.15, 0.2) is 66.9 Å². The second kappa shape index (κ2) is 10.4. The fraction of sp³-hybridized carbons (Fsp3) is 0.167. The summed E-state index contributed by atoms with van der Waals surface area (Å²) in [6, 6.07) is 14.7. The van der Waals surface area contributed by atoms with Crippen LogP contribution in [-0.4, -0.2) is 9.97 Å². The first kappa shape index (κ1) is 25.9. The maximum absolute atomic E-state index is 14.6. The van der Waals surface area contributed by atoms with Crippen molar-refractivity contribution in [2.24, 2.45) is 0 Å². The molecule has 1 atom stereocenters. The van der Waals surface area contributed by atoms with Gasteiger partial charge in [-0.2, -0.15) is 13.2 Å². The third-order valence-corrected chi connectivity index (χ3v) is 7.18. The summed E-state index contributed by atoms with van der Waals surface area (Å²) in [6.07, 6.45) is -3.22. The standard InChI is InChI=1S/C24H16Cl3F4N3S/c25-17-6-7-20(32-12-17)23(11-14-4-2-1-3-5-14,33-13-19-21(26)34-22(27)35-19)15-8-16(24(29,30)31)10-18(28)9-15/h1-10,12,33H,11,13H2. The normalized spacial score (nSPS) is 13.6. The number of aromatic nitrogens is 2. The van der Waals surface area contributed by atoms with Crippen molar-refractivity contribution in [1.29, 1.82) is 0 Å². The van der Waals surface area contributed by atoms with Crippen molar-refractivity contribution >= 4 is 46.1 Å². The Balaban J connectivity index is 1.94. The third kappa shape index (κ3) is 5.95. The maximum atomic E-state index is 14.6. The molecule has 0 radical (unpaired) electrons. The largest absolute Gasteiger partial charge is 0.416 e. The predicted octanol–water partition coefficient (Wildman–Crippen LogP) is 7.93. The lowest BCUT2D eigenvalue weighted by atomic mass is 9.79. The van der Waals surface area contributed by atoms with Crippen LogP contribution in [0, 0.1) is 5.82 Å². The molecule has 0 fully saturated rings. The summed E-state index contributed by atoms with van der Waals surface area (Å²) in [5.41, 5.74) is -1.34. The number of pyridine rings is 1. The molecule has 0 spiro atoms. The quantitative estimate of drug-likeness (QED) is 0.233. The SMILES string of the molecule is Fc1cc(C(F)(F)F)cc(C(Cc2ccccc2)(NCc2sc(Cl)nc2Cl)c2ccc(Cl)cn2)c1. The molecule has 0 aliphatic heterocycles. The minimum Gasteiger partial charge on any atom is -0.297 e. The number of halogens is 7. The third-order valence-electron chi connectivity index (χ3n) is 5.37. The highest BCUT2D eigenvalue weighted by atomic mass is 35.5. The predicted molar refractivity (Wildman–Crippen MR) is 131 cm³/mol. The highest BCUT2D eigenvalue weighted by Crippen LogP contribution is 2.38. The van der Waals surface area contributed by atoms with E-state index in [1.807, 2.05) is 30.3 Å². The van der Waals surface area contributed by atoms with E-state index in [0.29, 0.717) is 21.7 Å². The van der Waals surface area contributed by atoms with E-state index < -0.39 is 23.1 Å². The van der Waals surface area contributed by atoms with Gasteiger partial charge in [-0.1, -0.05) is 65.1 Å². The van der Waals surface area contributed by atoms with Gasteiger partial charge in [0.1, 0.15) is 11.0 Å².